The van der Waals surface area contributed by atoms with Gasteiger partial charge in [0.1, 0.15) is 0 Å². The molecule has 0 spiro atoms. The van der Waals surface area contributed by atoms with Gasteiger partial charge in [0.2, 0.25) is 23.8 Å². The third kappa shape index (κ3) is 8.21. The maximum atomic E-state index is 13.3. The summed E-state index contributed by atoms with van der Waals surface area (Å²) in [5, 5.41) is 5.31. The molecule has 5 rings (SSSR count). The number of aromatic nitrogens is 3. The van der Waals surface area contributed by atoms with E-state index in [1.165, 1.54) is 24.3 Å². The van der Waals surface area contributed by atoms with Crippen molar-refractivity contribution in [3.05, 3.63) is 59.7 Å². The SMILES string of the molecule is N[C@@H]1C[C@H](N)CN(c2nc(Nc3ccc(C(=O)CC(=O)Nc4ccccc4C(F)(F)F)cc3)nc(N3C[C@H](N)C[C@H](N)C3)n2)C1. The molecule has 0 radical (unpaired) electrons. The zero-order chi connectivity index (χ0) is 32.3. The number of anilines is 5. The van der Waals surface area contributed by atoms with Crippen molar-refractivity contribution in [2.24, 2.45) is 22.9 Å². The van der Waals surface area contributed by atoms with Gasteiger partial charge in [0.25, 0.3) is 0 Å². The summed E-state index contributed by atoms with van der Waals surface area (Å²) < 4.78 is 39.8. The smallest absolute Gasteiger partial charge is 0.338 e. The van der Waals surface area contributed by atoms with E-state index in [1.54, 1.807) is 12.1 Å². The molecule has 0 saturated carbocycles. The lowest BCUT2D eigenvalue weighted by atomic mass is 10.0. The summed E-state index contributed by atoms with van der Waals surface area (Å²) in [7, 11) is 0. The summed E-state index contributed by atoms with van der Waals surface area (Å²) in [5.74, 6) is -0.407. The number of hydrogen-bond donors (Lipinski definition) is 6. The van der Waals surface area contributed by atoms with Gasteiger partial charge in [0.15, 0.2) is 5.78 Å². The third-order valence-electron chi connectivity index (χ3n) is 7.50. The molecule has 3 heterocycles. The van der Waals surface area contributed by atoms with Crippen LogP contribution in [-0.4, -0.2) is 77.0 Å². The van der Waals surface area contributed by atoms with Crippen LogP contribution < -0.4 is 43.4 Å². The van der Waals surface area contributed by atoms with E-state index in [0.717, 1.165) is 12.1 Å². The van der Waals surface area contributed by atoms with Gasteiger partial charge in [0.05, 0.1) is 17.7 Å². The summed E-state index contributed by atoms with van der Waals surface area (Å²) in [6, 6.07) is 10.2. The molecule has 2 aromatic carbocycles. The number of para-hydroxylation sites is 1. The lowest BCUT2D eigenvalue weighted by molar-refractivity contribution is -0.137. The second kappa shape index (κ2) is 13.3. The van der Waals surface area contributed by atoms with E-state index in [4.69, 9.17) is 27.9 Å². The molecule has 1 amide bonds. The highest BCUT2D eigenvalue weighted by Crippen LogP contribution is 2.34. The summed E-state index contributed by atoms with van der Waals surface area (Å²) >= 11 is 0. The number of nitrogens with one attached hydrogen (secondary N) is 2. The minimum atomic E-state index is -4.66. The van der Waals surface area contributed by atoms with E-state index >= 15 is 0 Å². The van der Waals surface area contributed by atoms with Crippen LogP contribution in [0.2, 0.25) is 0 Å². The number of piperidine rings is 2. The number of nitrogens with zero attached hydrogens (tertiary/aromatic N) is 5. The molecule has 16 heteroatoms. The van der Waals surface area contributed by atoms with Crippen molar-refractivity contribution >= 4 is 40.9 Å². The number of nitrogens with two attached hydrogens (primary N) is 4. The standard InChI is InChI=1S/C29H36F3N11O2/c30-29(31,32)22-3-1-2-4-23(22)38-25(45)11-24(44)16-5-7-21(8-6-16)37-26-39-27(42-12-17(33)9-18(34)13-42)41-28(40-26)43-14-19(35)10-20(36)15-43/h1-8,17-20H,9-15,33-36H2,(H,38,45)(H,37,39,40,41)/t17-,18+,19-,20+. The zero-order valence-corrected chi connectivity index (χ0v) is 24.4. The van der Waals surface area contributed by atoms with Gasteiger partial charge in [0, 0.05) is 61.6 Å². The number of hydrogen-bond acceptors (Lipinski definition) is 12. The molecule has 0 bridgehead atoms. The van der Waals surface area contributed by atoms with E-state index < -0.39 is 35.5 Å². The highest BCUT2D eigenvalue weighted by Gasteiger charge is 2.34. The molecule has 10 N–H and O–H groups in total. The number of ketones is 1. The number of rotatable bonds is 8. The van der Waals surface area contributed by atoms with Crippen molar-refractivity contribution < 1.29 is 22.8 Å². The normalized spacial score (nSPS) is 22.2. The third-order valence-corrected chi connectivity index (χ3v) is 7.50. The minimum absolute atomic E-state index is 0.145. The lowest BCUT2D eigenvalue weighted by Crippen LogP contribution is -2.54. The fourth-order valence-corrected chi connectivity index (χ4v) is 5.53. The molecule has 0 unspecified atom stereocenters. The molecule has 240 valence electrons. The number of halogens is 3. The maximum Gasteiger partial charge on any atom is 0.418 e. The minimum Gasteiger partial charge on any atom is -0.338 e. The Labute approximate surface area is 257 Å². The topological polar surface area (TPSA) is 207 Å². The molecule has 2 aliphatic heterocycles. The maximum absolute atomic E-state index is 13.3. The molecule has 4 atom stereocenters. The molecule has 1 aromatic heterocycles. The van der Waals surface area contributed by atoms with Crippen molar-refractivity contribution in [3.8, 4) is 0 Å². The first-order valence-electron chi connectivity index (χ1n) is 14.5. The fourth-order valence-electron chi connectivity index (χ4n) is 5.53. The first-order chi connectivity index (χ1) is 21.3. The van der Waals surface area contributed by atoms with Gasteiger partial charge in [-0.15, -0.1) is 0 Å². The Balaban J connectivity index is 1.30. The van der Waals surface area contributed by atoms with Gasteiger partial charge in [-0.3, -0.25) is 9.59 Å². The van der Waals surface area contributed by atoms with Crippen LogP contribution in [0.15, 0.2) is 48.5 Å². The van der Waals surface area contributed by atoms with Gasteiger partial charge >= 0.3 is 6.18 Å². The summed E-state index contributed by atoms with van der Waals surface area (Å²) in [6.07, 6.45) is -3.93. The molecule has 45 heavy (non-hydrogen) atoms. The van der Waals surface area contributed by atoms with E-state index in [9.17, 15) is 22.8 Å². The van der Waals surface area contributed by atoms with Gasteiger partial charge in [-0.25, -0.2) is 0 Å². The van der Waals surface area contributed by atoms with E-state index in [1.807, 2.05) is 9.80 Å². The van der Waals surface area contributed by atoms with Crippen LogP contribution >= 0.6 is 0 Å². The highest BCUT2D eigenvalue weighted by molar-refractivity contribution is 6.11. The van der Waals surface area contributed by atoms with Gasteiger partial charge in [-0.2, -0.15) is 28.1 Å². The number of alkyl halides is 3. The Bertz CT molecular complexity index is 1460. The molecule has 2 aliphatic rings. The van der Waals surface area contributed by atoms with Crippen molar-refractivity contribution in [3.63, 3.8) is 0 Å². The molecule has 0 aliphatic carbocycles. The quantitative estimate of drug-likeness (QED) is 0.155. The van der Waals surface area contributed by atoms with Crippen LogP contribution in [0.4, 0.5) is 42.4 Å². The van der Waals surface area contributed by atoms with Crippen LogP contribution in [-0.2, 0) is 11.0 Å². The zero-order valence-electron chi connectivity index (χ0n) is 24.4. The van der Waals surface area contributed by atoms with Crippen LogP contribution in [0.5, 0.6) is 0 Å². The first-order valence-corrected chi connectivity index (χ1v) is 14.5. The molecule has 2 fully saturated rings. The van der Waals surface area contributed by atoms with Crippen LogP contribution in [0.25, 0.3) is 0 Å². The molecule has 3 aromatic rings. The summed E-state index contributed by atoms with van der Waals surface area (Å²) in [6.45, 7) is 2.06. The number of Topliss-reactive ketones (excluding diaryl/α,β-unsaturated/α-hetero) is 1. The Morgan fingerprint density at radius 3 is 1.80 bits per heavy atom. The molecule has 2 saturated heterocycles. The van der Waals surface area contributed by atoms with Gasteiger partial charge < -0.3 is 43.4 Å². The van der Waals surface area contributed by atoms with Crippen LogP contribution in [0.1, 0.15) is 35.2 Å². The number of carbonyl (C=O) groups is 2. The summed E-state index contributed by atoms with van der Waals surface area (Å²) in [4.78, 5) is 42.9. The van der Waals surface area contributed by atoms with Crippen molar-refractivity contribution in [2.45, 2.75) is 49.6 Å². The van der Waals surface area contributed by atoms with E-state index in [-0.39, 0.29) is 35.7 Å². The van der Waals surface area contributed by atoms with Crippen molar-refractivity contribution in [1.29, 1.82) is 0 Å². The molecule has 13 nitrogen and oxygen atoms in total. The second-order valence-electron chi connectivity index (χ2n) is 11.5. The van der Waals surface area contributed by atoms with Crippen LogP contribution in [0.3, 0.4) is 0 Å². The van der Waals surface area contributed by atoms with E-state index in [0.29, 0.717) is 56.6 Å². The van der Waals surface area contributed by atoms with Crippen molar-refractivity contribution in [1.82, 2.24) is 15.0 Å². The Morgan fingerprint density at radius 1 is 0.778 bits per heavy atom. The van der Waals surface area contributed by atoms with E-state index in [2.05, 4.69) is 20.6 Å². The average molecular weight is 628 g/mol. The molecular weight excluding hydrogens is 591 g/mol. The lowest BCUT2D eigenvalue weighted by Gasteiger charge is -2.37. The van der Waals surface area contributed by atoms with Crippen molar-refractivity contribution in [2.75, 3.05) is 46.6 Å². The predicted molar refractivity (Wildman–Crippen MR) is 164 cm³/mol. The van der Waals surface area contributed by atoms with Crippen LogP contribution in [0, 0.1) is 0 Å². The number of amides is 1. The second-order valence-corrected chi connectivity index (χ2v) is 11.5. The average Bonchev–Trinajstić information content (AvgIpc) is 2.96. The predicted octanol–water partition coefficient (Wildman–Crippen LogP) is 1.57. The van der Waals surface area contributed by atoms with Gasteiger partial charge in [-0.05, 0) is 49.2 Å². The largest absolute Gasteiger partial charge is 0.418 e. The van der Waals surface area contributed by atoms with Gasteiger partial charge in [-0.1, -0.05) is 12.1 Å². The summed E-state index contributed by atoms with van der Waals surface area (Å²) in [5.41, 5.74) is 24.2. The number of benzene rings is 2. The fraction of sp³-hybridized carbons (Fsp3) is 0.414. The molecular formula is C29H36F3N11O2. The first kappa shape index (κ1) is 32.0. The highest BCUT2D eigenvalue weighted by atomic mass is 19.4. The Kier molecular flexibility index (Phi) is 9.48. The Hall–Kier alpha value is -4.38. The Morgan fingerprint density at radius 2 is 1.29 bits per heavy atom. The number of carbonyl (C=O) groups excluding carboxylic acids is 2. The monoisotopic (exact) mass is 627 g/mol.